The second-order valence-corrected chi connectivity index (χ2v) is 2.67. The lowest BCUT2D eigenvalue weighted by Gasteiger charge is -1.96. The average molecular weight is 179 g/mol. The van der Waals surface area contributed by atoms with Crippen LogP contribution in [0.5, 0.6) is 0 Å². The largest absolute Gasteiger partial charge is 0.309 e. The molecule has 13 heavy (non-hydrogen) atoms. The van der Waals surface area contributed by atoms with Crippen LogP contribution in [0.1, 0.15) is 5.82 Å². The molecule has 4 nitrogen and oxygen atoms in total. The van der Waals surface area contributed by atoms with Gasteiger partial charge in [0.1, 0.15) is 11.6 Å². The Morgan fingerprint density at radius 1 is 1.54 bits per heavy atom. The summed E-state index contributed by atoms with van der Waals surface area (Å²) in [5.41, 5.74) is 0.0933. The van der Waals surface area contributed by atoms with Crippen molar-refractivity contribution in [3.63, 3.8) is 0 Å². The minimum absolute atomic E-state index is 0.159. The summed E-state index contributed by atoms with van der Waals surface area (Å²) in [5, 5.41) is 0. The van der Waals surface area contributed by atoms with Crippen LogP contribution in [0.15, 0.2) is 17.1 Å². The summed E-state index contributed by atoms with van der Waals surface area (Å²) >= 11 is 0. The van der Waals surface area contributed by atoms with Gasteiger partial charge >= 0.3 is 0 Å². The Hall–Kier alpha value is -1.78. The number of aromatic amines is 1. The number of halogens is 1. The molecule has 0 aliphatic rings. The van der Waals surface area contributed by atoms with E-state index in [-0.39, 0.29) is 16.6 Å². The third kappa shape index (κ3) is 1.28. The summed E-state index contributed by atoms with van der Waals surface area (Å²) in [6.45, 7) is 1.63. The quantitative estimate of drug-likeness (QED) is 0.649. The third-order valence-corrected chi connectivity index (χ3v) is 1.63. The summed E-state index contributed by atoms with van der Waals surface area (Å²) in [6.07, 6.45) is 0.995. The molecule has 0 bridgehead atoms. The van der Waals surface area contributed by atoms with E-state index in [0.29, 0.717) is 5.82 Å². The van der Waals surface area contributed by atoms with Gasteiger partial charge in [-0.05, 0) is 6.92 Å². The van der Waals surface area contributed by atoms with Gasteiger partial charge in [-0.2, -0.15) is 0 Å². The molecule has 0 amide bonds. The number of nitrogens with zero attached hydrogens (tertiary/aromatic N) is 2. The van der Waals surface area contributed by atoms with Crippen molar-refractivity contribution >= 4 is 11.0 Å². The number of pyridine rings is 1. The zero-order chi connectivity index (χ0) is 9.42. The number of H-pyrrole nitrogens is 1. The van der Waals surface area contributed by atoms with Crippen LogP contribution in [0.3, 0.4) is 0 Å². The molecule has 0 saturated heterocycles. The van der Waals surface area contributed by atoms with E-state index in [4.69, 9.17) is 0 Å². The Morgan fingerprint density at radius 3 is 3.08 bits per heavy atom. The minimum atomic E-state index is -0.495. The smallest absolute Gasteiger partial charge is 0.277 e. The van der Waals surface area contributed by atoms with E-state index < -0.39 is 5.82 Å². The number of hydrogen-bond acceptors (Lipinski definition) is 3. The average Bonchev–Trinajstić information content (AvgIpc) is 2.02. The van der Waals surface area contributed by atoms with E-state index in [1.807, 2.05) is 0 Å². The highest BCUT2D eigenvalue weighted by molar-refractivity contribution is 5.72. The minimum Gasteiger partial charge on any atom is -0.309 e. The van der Waals surface area contributed by atoms with Gasteiger partial charge in [-0.15, -0.1) is 0 Å². The van der Waals surface area contributed by atoms with Gasteiger partial charge in [0.15, 0.2) is 5.52 Å². The van der Waals surface area contributed by atoms with Gasteiger partial charge in [-0.25, -0.2) is 14.4 Å². The van der Waals surface area contributed by atoms with Gasteiger partial charge in [-0.3, -0.25) is 4.79 Å². The zero-order valence-electron chi connectivity index (χ0n) is 6.84. The van der Waals surface area contributed by atoms with Crippen molar-refractivity contribution < 1.29 is 4.39 Å². The highest BCUT2D eigenvalue weighted by Crippen LogP contribution is 2.04. The Morgan fingerprint density at radius 2 is 2.31 bits per heavy atom. The first-order valence-electron chi connectivity index (χ1n) is 3.69. The fourth-order valence-corrected chi connectivity index (χ4v) is 1.12. The van der Waals surface area contributed by atoms with E-state index in [1.165, 1.54) is 6.07 Å². The van der Waals surface area contributed by atoms with Gasteiger partial charge in [0.05, 0.1) is 11.7 Å². The van der Waals surface area contributed by atoms with Crippen molar-refractivity contribution in [3.05, 3.63) is 34.3 Å². The molecule has 0 aliphatic heterocycles. The van der Waals surface area contributed by atoms with Gasteiger partial charge in [-0.1, -0.05) is 0 Å². The van der Waals surface area contributed by atoms with Crippen molar-refractivity contribution in [3.8, 4) is 0 Å². The lowest BCUT2D eigenvalue weighted by Crippen LogP contribution is -2.11. The first kappa shape index (κ1) is 7.85. The maximum absolute atomic E-state index is 12.7. The number of rotatable bonds is 0. The monoisotopic (exact) mass is 179 g/mol. The molecule has 5 heteroatoms. The topological polar surface area (TPSA) is 58.6 Å². The van der Waals surface area contributed by atoms with E-state index in [1.54, 1.807) is 6.92 Å². The molecule has 0 radical (unpaired) electrons. The van der Waals surface area contributed by atoms with Crippen LogP contribution < -0.4 is 5.56 Å². The number of aromatic nitrogens is 3. The highest BCUT2D eigenvalue weighted by atomic mass is 19.1. The third-order valence-electron chi connectivity index (χ3n) is 1.63. The fraction of sp³-hybridized carbons (Fsp3) is 0.125. The molecular weight excluding hydrogens is 173 g/mol. The molecule has 0 spiro atoms. The molecule has 0 saturated carbocycles. The van der Waals surface area contributed by atoms with Crippen molar-refractivity contribution in [2.45, 2.75) is 6.92 Å². The molecule has 2 rings (SSSR count). The van der Waals surface area contributed by atoms with E-state index >= 15 is 0 Å². The number of hydrogen-bond donors (Lipinski definition) is 1. The molecular formula is C8H6FN3O. The number of nitrogens with one attached hydrogen (secondary N) is 1. The van der Waals surface area contributed by atoms with Crippen LogP contribution in [0, 0.1) is 12.7 Å². The van der Waals surface area contributed by atoms with Crippen molar-refractivity contribution in [2.24, 2.45) is 0 Å². The van der Waals surface area contributed by atoms with Crippen LogP contribution >= 0.6 is 0 Å². The van der Waals surface area contributed by atoms with Gasteiger partial charge in [0.2, 0.25) is 0 Å². The molecule has 0 fully saturated rings. The molecule has 1 N–H and O–H groups in total. The first-order valence-corrected chi connectivity index (χ1v) is 3.69. The summed E-state index contributed by atoms with van der Waals surface area (Å²) < 4.78 is 12.7. The van der Waals surface area contributed by atoms with Crippen LogP contribution in [0.2, 0.25) is 0 Å². The molecule has 66 valence electrons. The number of aryl methyl sites for hydroxylation is 1. The molecule has 2 heterocycles. The Balaban J connectivity index is 2.95. The van der Waals surface area contributed by atoms with Crippen LogP contribution in [-0.4, -0.2) is 15.0 Å². The molecule has 0 aromatic carbocycles. The SMILES string of the molecule is Cc1nc2cc(F)cnc2c(=O)[nH]1. The van der Waals surface area contributed by atoms with Crippen molar-refractivity contribution in [1.82, 2.24) is 15.0 Å². The second kappa shape index (κ2) is 2.62. The molecule has 2 aromatic rings. The maximum Gasteiger partial charge on any atom is 0.277 e. The Bertz CT molecular complexity index is 515. The fourth-order valence-electron chi connectivity index (χ4n) is 1.12. The lowest BCUT2D eigenvalue weighted by atomic mass is 10.3. The molecule has 2 aromatic heterocycles. The second-order valence-electron chi connectivity index (χ2n) is 2.67. The van der Waals surface area contributed by atoms with Crippen LogP contribution in [0.4, 0.5) is 4.39 Å². The zero-order valence-corrected chi connectivity index (χ0v) is 6.84. The summed E-state index contributed by atoms with van der Waals surface area (Å²) in [7, 11) is 0. The summed E-state index contributed by atoms with van der Waals surface area (Å²) in [6, 6.07) is 1.19. The Labute approximate surface area is 72.5 Å². The molecule has 0 atom stereocenters. The van der Waals surface area contributed by atoms with Crippen molar-refractivity contribution in [2.75, 3.05) is 0 Å². The van der Waals surface area contributed by atoms with Gasteiger partial charge in [0, 0.05) is 6.07 Å². The maximum atomic E-state index is 12.7. The predicted molar refractivity (Wildman–Crippen MR) is 44.9 cm³/mol. The van der Waals surface area contributed by atoms with Gasteiger partial charge < -0.3 is 4.98 Å². The van der Waals surface area contributed by atoms with Crippen LogP contribution in [-0.2, 0) is 0 Å². The highest BCUT2D eigenvalue weighted by Gasteiger charge is 2.03. The normalized spacial score (nSPS) is 10.6. The van der Waals surface area contributed by atoms with E-state index in [0.717, 1.165) is 6.20 Å². The molecule has 0 unspecified atom stereocenters. The lowest BCUT2D eigenvalue weighted by molar-refractivity contribution is 0.623. The van der Waals surface area contributed by atoms with Crippen LogP contribution in [0.25, 0.3) is 11.0 Å². The van der Waals surface area contributed by atoms with Crippen molar-refractivity contribution in [1.29, 1.82) is 0 Å². The predicted octanol–water partition coefficient (Wildman–Crippen LogP) is 0.766. The van der Waals surface area contributed by atoms with E-state index in [9.17, 15) is 9.18 Å². The Kier molecular flexibility index (Phi) is 1.58. The summed E-state index contributed by atoms with van der Waals surface area (Å²) in [4.78, 5) is 21.3. The number of fused-ring (bicyclic) bond motifs is 1. The van der Waals surface area contributed by atoms with E-state index in [2.05, 4.69) is 15.0 Å². The first-order chi connectivity index (χ1) is 6.16. The van der Waals surface area contributed by atoms with Gasteiger partial charge in [0.25, 0.3) is 5.56 Å². The standard InChI is InChI=1S/C8H6FN3O/c1-4-11-6-2-5(9)3-10-7(6)8(13)12-4/h2-3H,1H3,(H,11,12,13). The molecule has 0 aliphatic carbocycles. The summed E-state index contributed by atoms with van der Waals surface area (Å²) in [5.74, 6) is -0.0464.